The Morgan fingerprint density at radius 3 is 2.36 bits per heavy atom. The van der Waals surface area contributed by atoms with E-state index in [1.165, 1.54) is 0 Å². The summed E-state index contributed by atoms with van der Waals surface area (Å²) >= 11 is 0. The van der Waals surface area contributed by atoms with Gasteiger partial charge in [0.05, 0.1) is 16.6 Å². The van der Waals surface area contributed by atoms with Crippen LogP contribution in [0.3, 0.4) is 0 Å². The number of hydrogen-bond donors (Lipinski definition) is 0. The highest BCUT2D eigenvalue weighted by Gasteiger charge is 2.11. The van der Waals surface area contributed by atoms with E-state index in [2.05, 4.69) is 20.1 Å². The number of ether oxygens (including phenoxy) is 1. The molecule has 0 saturated carbocycles. The normalized spacial score (nSPS) is 10.9. The summed E-state index contributed by atoms with van der Waals surface area (Å²) in [5.41, 5.74) is 2.68. The Morgan fingerprint density at radius 2 is 1.57 bits per heavy atom. The second kappa shape index (κ2) is 6.92. The summed E-state index contributed by atoms with van der Waals surface area (Å²) in [5, 5.41) is 5.09. The van der Waals surface area contributed by atoms with Crippen molar-refractivity contribution < 1.29 is 4.74 Å². The molecule has 0 amide bonds. The van der Waals surface area contributed by atoms with Crippen molar-refractivity contribution in [2.75, 3.05) is 0 Å². The number of hydrogen-bond acceptors (Lipinski definition) is 5. The van der Waals surface area contributed by atoms with E-state index in [-0.39, 0.29) is 0 Å². The van der Waals surface area contributed by atoms with Crippen LogP contribution in [0.4, 0.5) is 0 Å². The first-order valence-electron chi connectivity index (χ1n) is 8.82. The molecule has 3 aromatic heterocycles. The van der Waals surface area contributed by atoms with Crippen LogP contribution >= 0.6 is 0 Å². The van der Waals surface area contributed by atoms with E-state index in [1.54, 1.807) is 23.3 Å². The van der Waals surface area contributed by atoms with Crippen LogP contribution in [0.1, 0.15) is 0 Å². The highest BCUT2D eigenvalue weighted by Crippen LogP contribution is 2.30. The van der Waals surface area contributed by atoms with Gasteiger partial charge in [0.15, 0.2) is 5.82 Å². The van der Waals surface area contributed by atoms with Crippen molar-refractivity contribution in [3.63, 3.8) is 0 Å². The fourth-order valence-electron chi connectivity index (χ4n) is 2.96. The molecule has 5 rings (SSSR count). The fourth-order valence-corrected chi connectivity index (χ4v) is 2.96. The molecule has 0 atom stereocenters. The Balaban J connectivity index is 1.54. The van der Waals surface area contributed by atoms with Gasteiger partial charge in [-0.15, -0.1) is 0 Å². The molecule has 0 aliphatic carbocycles. The van der Waals surface area contributed by atoms with Gasteiger partial charge in [0.2, 0.25) is 5.88 Å². The summed E-state index contributed by atoms with van der Waals surface area (Å²) in [6.07, 6.45) is 7.09. The van der Waals surface area contributed by atoms with E-state index in [9.17, 15) is 0 Å². The first-order valence-corrected chi connectivity index (χ1v) is 8.82. The Hall–Kier alpha value is -4.06. The van der Waals surface area contributed by atoms with Crippen LogP contribution in [0, 0.1) is 0 Å². The lowest BCUT2D eigenvalue weighted by Crippen LogP contribution is -1.97. The van der Waals surface area contributed by atoms with Crippen molar-refractivity contribution in [2.45, 2.75) is 0 Å². The maximum Gasteiger partial charge on any atom is 0.230 e. The average molecular weight is 365 g/mol. The zero-order valence-corrected chi connectivity index (χ0v) is 14.8. The summed E-state index contributed by atoms with van der Waals surface area (Å²) < 4.78 is 7.93. The number of rotatable bonds is 4. The minimum Gasteiger partial charge on any atom is -0.438 e. The van der Waals surface area contributed by atoms with Crippen molar-refractivity contribution in [3.05, 3.63) is 91.5 Å². The van der Waals surface area contributed by atoms with E-state index in [4.69, 9.17) is 4.74 Å². The second-order valence-corrected chi connectivity index (χ2v) is 6.15. The lowest BCUT2D eigenvalue weighted by Gasteiger charge is -2.10. The molecule has 0 spiro atoms. The molecule has 28 heavy (non-hydrogen) atoms. The first-order chi connectivity index (χ1) is 13.9. The Kier molecular flexibility index (Phi) is 3.99. The molecule has 0 unspecified atom stereocenters. The van der Waals surface area contributed by atoms with Gasteiger partial charge in [-0.05, 0) is 54.6 Å². The predicted octanol–water partition coefficient (Wildman–Crippen LogP) is 4.67. The predicted molar refractivity (Wildman–Crippen MR) is 106 cm³/mol. The maximum atomic E-state index is 6.13. The minimum absolute atomic E-state index is 0.518. The summed E-state index contributed by atoms with van der Waals surface area (Å²) in [6.45, 7) is 0. The molecule has 0 radical (unpaired) electrons. The van der Waals surface area contributed by atoms with Crippen LogP contribution in [0.2, 0.25) is 0 Å². The lowest BCUT2D eigenvalue weighted by atomic mass is 10.2. The van der Waals surface area contributed by atoms with E-state index in [0.29, 0.717) is 17.5 Å². The summed E-state index contributed by atoms with van der Waals surface area (Å²) in [7, 11) is 0. The monoisotopic (exact) mass is 365 g/mol. The van der Waals surface area contributed by atoms with Crippen molar-refractivity contribution in [3.8, 4) is 28.7 Å². The third-order valence-electron chi connectivity index (χ3n) is 4.33. The van der Waals surface area contributed by atoms with Gasteiger partial charge in [-0.1, -0.05) is 12.1 Å². The number of aromatic nitrogens is 5. The second-order valence-electron chi connectivity index (χ2n) is 6.15. The van der Waals surface area contributed by atoms with Gasteiger partial charge in [-0.2, -0.15) is 10.1 Å². The molecule has 0 N–H and O–H groups in total. The molecule has 6 heteroatoms. The van der Waals surface area contributed by atoms with Crippen LogP contribution in [-0.2, 0) is 0 Å². The molecule has 6 nitrogen and oxygen atoms in total. The van der Waals surface area contributed by atoms with E-state index in [0.717, 1.165) is 22.2 Å². The molecule has 0 fully saturated rings. The Bertz CT molecular complexity index is 1220. The van der Waals surface area contributed by atoms with Crippen LogP contribution in [0.15, 0.2) is 91.5 Å². The first kappa shape index (κ1) is 16.1. The highest BCUT2D eigenvalue weighted by molar-refractivity contribution is 5.85. The van der Waals surface area contributed by atoms with Gasteiger partial charge in [0, 0.05) is 30.4 Å². The Morgan fingerprint density at radius 1 is 0.750 bits per heavy atom. The third-order valence-corrected chi connectivity index (χ3v) is 4.33. The molecular formula is C22H15N5O. The van der Waals surface area contributed by atoms with Gasteiger partial charge in [0.1, 0.15) is 5.75 Å². The van der Waals surface area contributed by atoms with Crippen molar-refractivity contribution >= 4 is 10.9 Å². The van der Waals surface area contributed by atoms with Gasteiger partial charge in [0.25, 0.3) is 0 Å². The smallest absolute Gasteiger partial charge is 0.230 e. The number of nitrogens with zero attached hydrogens (tertiary/aromatic N) is 5. The molecule has 0 saturated heterocycles. The van der Waals surface area contributed by atoms with Crippen LogP contribution in [0.5, 0.6) is 11.6 Å². The molecular weight excluding hydrogens is 350 g/mol. The van der Waals surface area contributed by atoms with Crippen LogP contribution in [-0.4, -0.2) is 24.7 Å². The molecule has 0 aliphatic heterocycles. The quantitative estimate of drug-likeness (QED) is 0.463. The molecule has 5 aromatic rings. The van der Waals surface area contributed by atoms with Gasteiger partial charge < -0.3 is 4.74 Å². The molecule has 0 aliphatic rings. The van der Waals surface area contributed by atoms with Gasteiger partial charge in [-0.3, -0.25) is 4.98 Å². The van der Waals surface area contributed by atoms with E-state index in [1.807, 2.05) is 72.9 Å². The highest BCUT2D eigenvalue weighted by atomic mass is 16.5. The maximum absolute atomic E-state index is 6.13. The molecule has 3 heterocycles. The lowest BCUT2D eigenvalue weighted by molar-refractivity contribution is 0.469. The number of fused-ring (bicyclic) bond motifs is 1. The fraction of sp³-hybridized carbons (Fsp3) is 0. The summed E-state index contributed by atoms with van der Waals surface area (Å²) in [6, 6.07) is 21.2. The summed E-state index contributed by atoms with van der Waals surface area (Å²) in [5.74, 6) is 1.81. The molecule has 134 valence electrons. The standard InChI is InChI=1S/C22H15N5O/c1-2-5-20-19(4-1)22(26-21(25-20)16-10-13-23-14-11-16)28-18-8-6-17(7-9-18)27-15-3-12-24-27/h1-15H. The van der Waals surface area contributed by atoms with Gasteiger partial charge in [-0.25, -0.2) is 9.67 Å². The van der Waals surface area contributed by atoms with Crippen molar-refractivity contribution in [2.24, 2.45) is 0 Å². The number of para-hydroxylation sites is 1. The minimum atomic E-state index is 0.518. The molecule has 0 bridgehead atoms. The Labute approximate surface area is 161 Å². The van der Waals surface area contributed by atoms with E-state index < -0.39 is 0 Å². The SMILES string of the molecule is c1ccc2c(Oc3ccc(-n4cccn4)cc3)nc(-c3ccncc3)nc2c1. The van der Waals surface area contributed by atoms with Crippen LogP contribution < -0.4 is 4.74 Å². The zero-order valence-electron chi connectivity index (χ0n) is 14.8. The van der Waals surface area contributed by atoms with Crippen molar-refractivity contribution in [1.82, 2.24) is 24.7 Å². The van der Waals surface area contributed by atoms with Crippen LogP contribution in [0.25, 0.3) is 28.0 Å². The van der Waals surface area contributed by atoms with E-state index >= 15 is 0 Å². The summed E-state index contributed by atoms with van der Waals surface area (Å²) in [4.78, 5) is 13.4. The molecule has 2 aromatic carbocycles. The van der Waals surface area contributed by atoms with Gasteiger partial charge >= 0.3 is 0 Å². The third kappa shape index (κ3) is 3.07. The largest absolute Gasteiger partial charge is 0.438 e. The van der Waals surface area contributed by atoms with Crippen molar-refractivity contribution in [1.29, 1.82) is 0 Å². The topological polar surface area (TPSA) is 65.7 Å². The average Bonchev–Trinajstić information content (AvgIpc) is 3.30. The number of benzene rings is 2. The zero-order chi connectivity index (χ0) is 18.8. The number of pyridine rings is 1.